The van der Waals surface area contributed by atoms with Gasteiger partial charge in [0.25, 0.3) is 5.91 Å². The van der Waals surface area contributed by atoms with Crippen molar-refractivity contribution in [3.8, 4) is 21.7 Å². The zero-order valence-electron chi connectivity index (χ0n) is 23.5. The number of carbonyl (C=O) groups is 2. The number of aliphatic hydroxyl groups is 1. The van der Waals surface area contributed by atoms with Crippen molar-refractivity contribution < 1.29 is 42.4 Å². The van der Waals surface area contributed by atoms with Crippen LogP contribution in [0.4, 0.5) is 13.6 Å². The Hall–Kier alpha value is -4.37. The van der Waals surface area contributed by atoms with E-state index in [4.69, 9.17) is 14.2 Å². The van der Waals surface area contributed by atoms with Crippen LogP contribution in [0.1, 0.15) is 24.1 Å². The number of fused-ring (bicyclic) bond motifs is 7. The summed E-state index contributed by atoms with van der Waals surface area (Å²) in [6, 6.07) is 9.34. The minimum Gasteiger partial charge on any atom is -0.456 e. The molecule has 4 aliphatic rings. The zero-order chi connectivity index (χ0) is 30.7. The second-order valence-electron chi connectivity index (χ2n) is 10.5. The molecule has 2 fully saturated rings. The first kappa shape index (κ1) is 28.4. The summed E-state index contributed by atoms with van der Waals surface area (Å²) in [4.78, 5) is 32.5. The maximum absolute atomic E-state index is 15.9. The first-order valence-electron chi connectivity index (χ1n) is 13.7. The van der Waals surface area contributed by atoms with E-state index in [2.05, 4.69) is 9.72 Å². The van der Waals surface area contributed by atoms with Crippen molar-refractivity contribution in [2.75, 3.05) is 27.1 Å². The lowest BCUT2D eigenvalue weighted by Crippen LogP contribution is -2.68. The molecule has 0 radical (unpaired) electrons. The first-order valence-corrected chi connectivity index (χ1v) is 14.6. The molecule has 14 heteroatoms. The molecule has 2 aromatic carbocycles. The van der Waals surface area contributed by atoms with Crippen LogP contribution in [0.15, 0.2) is 65.6 Å². The van der Waals surface area contributed by atoms with Gasteiger partial charge in [-0.2, -0.15) is 5.01 Å². The fourth-order valence-electron chi connectivity index (χ4n) is 6.18. The van der Waals surface area contributed by atoms with Gasteiger partial charge in [0, 0.05) is 18.3 Å². The second kappa shape index (κ2) is 11.0. The number of morpholine rings is 1. The van der Waals surface area contributed by atoms with Gasteiger partial charge in [0.1, 0.15) is 12.3 Å². The van der Waals surface area contributed by atoms with E-state index in [-0.39, 0.29) is 36.3 Å². The van der Waals surface area contributed by atoms with Crippen LogP contribution in [0.25, 0.3) is 21.7 Å². The van der Waals surface area contributed by atoms with Crippen LogP contribution in [0.3, 0.4) is 0 Å². The van der Waals surface area contributed by atoms with Crippen LogP contribution in [0.2, 0.25) is 0 Å². The number of benzene rings is 2. The van der Waals surface area contributed by atoms with E-state index in [0.29, 0.717) is 16.1 Å². The number of aromatic nitrogens is 1. The molecule has 44 heavy (non-hydrogen) atoms. The molecule has 3 aliphatic heterocycles. The second-order valence-corrected chi connectivity index (χ2v) is 11.4. The van der Waals surface area contributed by atoms with Gasteiger partial charge in [0.2, 0.25) is 6.79 Å². The summed E-state index contributed by atoms with van der Waals surface area (Å²) in [6.45, 7) is 1.51. The van der Waals surface area contributed by atoms with Crippen LogP contribution in [-0.2, 0) is 23.7 Å². The maximum Gasteiger partial charge on any atom is 0.510 e. The van der Waals surface area contributed by atoms with Crippen molar-refractivity contribution >= 4 is 23.4 Å². The van der Waals surface area contributed by atoms with Gasteiger partial charge in [-0.15, -0.1) is 11.3 Å². The van der Waals surface area contributed by atoms with E-state index >= 15 is 4.39 Å². The number of hydrogen-bond donors (Lipinski definition) is 1. The Balaban J connectivity index is 1.45. The number of hydrazine groups is 1. The number of rotatable bonds is 4. The summed E-state index contributed by atoms with van der Waals surface area (Å²) < 4.78 is 51.8. The minimum absolute atomic E-state index is 0.0190. The smallest absolute Gasteiger partial charge is 0.456 e. The highest BCUT2D eigenvalue weighted by Crippen LogP contribution is 2.51. The Labute approximate surface area is 254 Å². The molecule has 0 spiro atoms. The Kier molecular flexibility index (Phi) is 7.08. The highest BCUT2D eigenvalue weighted by atomic mass is 32.1. The number of amides is 1. The normalized spacial score (nSPS) is 24.1. The number of halogens is 2. The molecule has 1 aromatic heterocycles. The topological polar surface area (TPSA) is 114 Å². The summed E-state index contributed by atoms with van der Waals surface area (Å²) in [5, 5.41) is 14.3. The van der Waals surface area contributed by atoms with Crippen molar-refractivity contribution in [3.05, 3.63) is 88.4 Å². The average Bonchev–Trinajstić information content (AvgIpc) is 3.47. The molecular formula is C30H26F2N4O7S. The predicted octanol–water partition coefficient (Wildman–Crippen LogP) is 4.12. The summed E-state index contributed by atoms with van der Waals surface area (Å²) in [7, 11) is 1.14. The highest BCUT2D eigenvalue weighted by Gasteiger charge is 2.52. The van der Waals surface area contributed by atoms with Gasteiger partial charge in [0.05, 0.1) is 41.9 Å². The Morgan fingerprint density at radius 1 is 1.20 bits per heavy atom. The molecule has 4 atom stereocenters. The standard InChI is InChI=1S/C30H26F2N4O7S/c1-15-11-34-21(12-41-15)36(35-10-9-20(37)27(26(35)29(34)38)42-14-43-30(39)40-2)25-16-5-3-4-6-17(16)28-24(33-13-44-28)22-18(25)7-8-19(31)23(22)32/h3-10,13,15,20-21,25,37H,11-12,14H2,1-2H3/t15?,20?,21-,25-/m1/s1. The van der Waals surface area contributed by atoms with Gasteiger partial charge in [0.15, 0.2) is 23.1 Å². The van der Waals surface area contributed by atoms with E-state index in [9.17, 15) is 19.1 Å². The Morgan fingerprint density at radius 3 is 2.84 bits per heavy atom. The summed E-state index contributed by atoms with van der Waals surface area (Å²) >= 11 is 1.32. The summed E-state index contributed by atoms with van der Waals surface area (Å²) in [5.74, 6) is -2.65. The number of aliphatic hydroxyl groups excluding tert-OH is 1. The van der Waals surface area contributed by atoms with Gasteiger partial charge in [-0.1, -0.05) is 30.3 Å². The predicted molar refractivity (Wildman–Crippen MR) is 151 cm³/mol. The molecule has 2 unspecified atom stereocenters. The van der Waals surface area contributed by atoms with Gasteiger partial charge in [-0.05, 0) is 35.8 Å². The van der Waals surface area contributed by atoms with Crippen LogP contribution < -0.4 is 0 Å². The average molecular weight is 625 g/mol. The highest BCUT2D eigenvalue weighted by molar-refractivity contribution is 7.13. The molecule has 2 saturated heterocycles. The zero-order valence-corrected chi connectivity index (χ0v) is 24.3. The maximum atomic E-state index is 15.9. The molecule has 11 nitrogen and oxygen atoms in total. The van der Waals surface area contributed by atoms with Crippen molar-refractivity contribution in [2.24, 2.45) is 0 Å². The Morgan fingerprint density at radius 2 is 2.02 bits per heavy atom. The molecule has 1 amide bonds. The first-order chi connectivity index (χ1) is 21.3. The monoisotopic (exact) mass is 624 g/mol. The molecule has 4 heterocycles. The minimum atomic E-state index is -1.35. The molecule has 0 saturated carbocycles. The molecule has 1 aliphatic carbocycles. The van der Waals surface area contributed by atoms with E-state index in [1.54, 1.807) is 15.4 Å². The van der Waals surface area contributed by atoms with Crippen molar-refractivity contribution in [1.82, 2.24) is 19.9 Å². The van der Waals surface area contributed by atoms with E-state index in [1.807, 2.05) is 36.2 Å². The molecular weight excluding hydrogens is 598 g/mol. The van der Waals surface area contributed by atoms with Crippen LogP contribution in [0, 0.1) is 11.6 Å². The van der Waals surface area contributed by atoms with Crippen LogP contribution >= 0.6 is 11.3 Å². The van der Waals surface area contributed by atoms with Gasteiger partial charge >= 0.3 is 6.16 Å². The molecule has 7 rings (SSSR count). The lowest BCUT2D eigenvalue weighted by Gasteiger charge is -2.55. The van der Waals surface area contributed by atoms with Gasteiger partial charge < -0.3 is 29.0 Å². The lowest BCUT2D eigenvalue weighted by atomic mass is 9.92. The van der Waals surface area contributed by atoms with E-state index in [0.717, 1.165) is 24.3 Å². The SMILES string of the molecule is COC(=O)OCOC1=C2C(=O)N3CC(C)OC[C@H]3N([C@@H]3c4ccccc4-c4scnc4-c4c3ccc(F)c4F)N2C=CC1O. The van der Waals surface area contributed by atoms with Gasteiger partial charge in [-0.3, -0.25) is 9.80 Å². The van der Waals surface area contributed by atoms with Crippen molar-refractivity contribution in [2.45, 2.75) is 31.3 Å². The Bertz CT molecular complexity index is 1730. The van der Waals surface area contributed by atoms with E-state index < -0.39 is 48.8 Å². The molecule has 1 N–H and O–H groups in total. The number of methoxy groups -OCH3 is 1. The number of thiazole rings is 1. The van der Waals surface area contributed by atoms with Crippen LogP contribution in [-0.4, -0.2) is 82.5 Å². The third-order valence-electron chi connectivity index (χ3n) is 8.05. The van der Waals surface area contributed by atoms with E-state index in [1.165, 1.54) is 29.7 Å². The van der Waals surface area contributed by atoms with Crippen molar-refractivity contribution in [3.63, 3.8) is 0 Å². The molecule has 0 bridgehead atoms. The number of ether oxygens (including phenoxy) is 4. The summed E-state index contributed by atoms with van der Waals surface area (Å²) in [5.41, 5.74) is 3.86. The van der Waals surface area contributed by atoms with Gasteiger partial charge in [-0.25, -0.2) is 18.6 Å². The number of nitrogens with zero attached hydrogens (tertiary/aromatic N) is 4. The van der Waals surface area contributed by atoms with Crippen molar-refractivity contribution in [1.29, 1.82) is 0 Å². The fraction of sp³-hybridized carbons (Fsp3) is 0.300. The lowest BCUT2D eigenvalue weighted by molar-refractivity contribution is -0.200. The fourth-order valence-corrected chi connectivity index (χ4v) is 7.02. The third-order valence-corrected chi connectivity index (χ3v) is 8.91. The summed E-state index contributed by atoms with van der Waals surface area (Å²) in [6.07, 6.45) is -0.419. The number of carbonyl (C=O) groups excluding carboxylic acids is 2. The largest absolute Gasteiger partial charge is 0.510 e. The number of hydrogen-bond acceptors (Lipinski definition) is 11. The third kappa shape index (κ3) is 4.36. The van der Waals surface area contributed by atoms with Crippen LogP contribution in [0.5, 0.6) is 0 Å². The molecule has 3 aromatic rings. The quantitative estimate of drug-likeness (QED) is 0.336. The molecule has 228 valence electrons.